The molecule has 6 aromatic rings. The Balaban J connectivity index is 1.25. The van der Waals surface area contributed by atoms with Crippen LogP contribution in [0.25, 0.3) is 22.1 Å². The van der Waals surface area contributed by atoms with E-state index in [1.165, 1.54) is 16.8 Å². The van der Waals surface area contributed by atoms with Gasteiger partial charge >= 0.3 is 17.3 Å². The largest absolute Gasteiger partial charge is 0.459 e. The first-order valence-electron chi connectivity index (χ1n) is 16.6. The average molecular weight is 663 g/mol. The predicted octanol–water partition coefficient (Wildman–Crippen LogP) is 5.01. The van der Waals surface area contributed by atoms with E-state index in [4.69, 9.17) is 9.72 Å². The molecule has 0 unspecified atom stereocenters. The highest BCUT2D eigenvalue weighted by Gasteiger charge is 2.19. The number of benzene rings is 3. The van der Waals surface area contributed by atoms with E-state index in [0.717, 1.165) is 56.6 Å². The summed E-state index contributed by atoms with van der Waals surface area (Å²) in [5.41, 5.74) is 3.37. The van der Waals surface area contributed by atoms with E-state index in [0.29, 0.717) is 19.0 Å². The molecule has 0 aliphatic heterocycles. The molecule has 254 valence electrons. The van der Waals surface area contributed by atoms with Crippen molar-refractivity contribution in [3.05, 3.63) is 133 Å². The first-order chi connectivity index (χ1) is 23.4. The van der Waals surface area contributed by atoms with Gasteiger partial charge in [-0.25, -0.2) is 14.6 Å². The molecule has 49 heavy (non-hydrogen) atoms. The van der Waals surface area contributed by atoms with Crippen LogP contribution in [0.5, 0.6) is 0 Å². The number of fused-ring (bicyclic) bond motifs is 2. The van der Waals surface area contributed by atoms with Crippen molar-refractivity contribution in [1.29, 1.82) is 0 Å². The van der Waals surface area contributed by atoms with Crippen LogP contribution in [-0.2, 0) is 42.3 Å². The summed E-state index contributed by atoms with van der Waals surface area (Å²) in [5.74, 6) is 0.810. The number of esters is 1. The van der Waals surface area contributed by atoms with Gasteiger partial charge in [-0.2, -0.15) is 0 Å². The molecule has 0 amide bonds. The number of carbonyl (C=O) groups excluding carboxylic acids is 1. The van der Waals surface area contributed by atoms with Crippen LogP contribution in [-0.4, -0.2) is 39.4 Å². The third kappa shape index (κ3) is 7.35. The maximum absolute atomic E-state index is 14.0. The molecule has 0 atom stereocenters. The van der Waals surface area contributed by atoms with Crippen LogP contribution in [0.3, 0.4) is 0 Å². The van der Waals surface area contributed by atoms with Gasteiger partial charge in [0.05, 0.1) is 41.7 Å². The molecule has 3 aromatic heterocycles. The molecule has 3 aromatic carbocycles. The smallest absolute Gasteiger partial charge is 0.331 e. The average Bonchev–Trinajstić information content (AvgIpc) is 3.53. The van der Waals surface area contributed by atoms with Gasteiger partial charge in [0.15, 0.2) is 0 Å². The fourth-order valence-corrected chi connectivity index (χ4v) is 6.05. The van der Waals surface area contributed by atoms with Gasteiger partial charge in [0.25, 0.3) is 5.56 Å². The maximum Gasteiger partial charge on any atom is 0.331 e. The zero-order valence-corrected chi connectivity index (χ0v) is 28.6. The fraction of sp³-hybridized carbons (Fsp3) is 0.342. The summed E-state index contributed by atoms with van der Waals surface area (Å²) < 4.78 is 13.4. The Morgan fingerprint density at radius 3 is 1.90 bits per heavy atom. The lowest BCUT2D eigenvalue weighted by molar-refractivity contribution is -0.155. The van der Waals surface area contributed by atoms with Gasteiger partial charge in [0.2, 0.25) is 0 Å². The molecule has 0 saturated carbocycles. The van der Waals surface area contributed by atoms with E-state index in [-0.39, 0.29) is 18.8 Å². The van der Waals surface area contributed by atoms with Crippen LogP contribution in [0.15, 0.2) is 99.4 Å². The highest BCUT2D eigenvalue weighted by Crippen LogP contribution is 2.21. The van der Waals surface area contributed by atoms with Crippen molar-refractivity contribution >= 4 is 28.0 Å². The zero-order valence-electron chi connectivity index (χ0n) is 28.6. The van der Waals surface area contributed by atoms with Gasteiger partial charge in [0.1, 0.15) is 18.0 Å². The van der Waals surface area contributed by atoms with Gasteiger partial charge in [-0.15, -0.1) is 0 Å². The minimum atomic E-state index is -0.692. The van der Waals surface area contributed by atoms with Crippen molar-refractivity contribution in [2.75, 3.05) is 0 Å². The van der Waals surface area contributed by atoms with Crippen LogP contribution >= 0.6 is 0 Å². The first kappa shape index (κ1) is 33.5. The highest BCUT2D eigenvalue weighted by molar-refractivity contribution is 5.77. The van der Waals surface area contributed by atoms with Crippen molar-refractivity contribution < 1.29 is 9.53 Å². The molecule has 0 bridgehead atoms. The van der Waals surface area contributed by atoms with E-state index >= 15 is 0 Å². The number of hydrogen-bond acceptors (Lipinski definition) is 6. The van der Waals surface area contributed by atoms with Crippen molar-refractivity contribution in [3.63, 3.8) is 0 Å². The molecule has 11 nitrogen and oxygen atoms in total. The van der Waals surface area contributed by atoms with Crippen molar-refractivity contribution in [1.82, 2.24) is 27.8 Å². The van der Waals surface area contributed by atoms with Gasteiger partial charge in [-0.1, -0.05) is 62.4 Å². The van der Waals surface area contributed by atoms with Crippen molar-refractivity contribution in [3.8, 4) is 0 Å². The predicted molar refractivity (Wildman–Crippen MR) is 190 cm³/mol. The summed E-state index contributed by atoms with van der Waals surface area (Å²) in [6.07, 6.45) is 2.31. The lowest BCUT2D eigenvalue weighted by atomic mass is 10.1. The number of imidazole rings is 2. The van der Waals surface area contributed by atoms with Crippen LogP contribution in [0, 0.1) is 5.92 Å². The lowest BCUT2D eigenvalue weighted by Gasteiger charge is -2.20. The van der Waals surface area contributed by atoms with Gasteiger partial charge in [0, 0.05) is 18.8 Å². The van der Waals surface area contributed by atoms with E-state index in [9.17, 15) is 19.2 Å². The monoisotopic (exact) mass is 662 g/mol. The number of ether oxygens (including phenoxy) is 1. The van der Waals surface area contributed by atoms with E-state index in [1.807, 2.05) is 66.7 Å². The number of hydrogen-bond donors (Lipinski definition) is 0. The summed E-state index contributed by atoms with van der Waals surface area (Å²) in [4.78, 5) is 57.0. The number of nitrogens with zero attached hydrogens (tertiary/aromatic N) is 6. The van der Waals surface area contributed by atoms with Crippen LogP contribution in [0.4, 0.5) is 0 Å². The Labute approximate surface area is 283 Å². The second-order valence-corrected chi connectivity index (χ2v) is 13.8. The first-order valence-corrected chi connectivity index (χ1v) is 16.6. The SMILES string of the molecule is CC(C)CCn1c(Cn2c(=O)n(Cc3ccc(Cn4c(=O)ccn(CC(=O)OC(C)(C)C)c4=O)cc3)c3ccccc32)nc2ccccc21. The number of aromatic nitrogens is 6. The Hall–Kier alpha value is -5.45. The molecule has 0 radical (unpaired) electrons. The Morgan fingerprint density at radius 2 is 1.29 bits per heavy atom. The molecule has 6 rings (SSSR count). The second-order valence-electron chi connectivity index (χ2n) is 13.8. The Kier molecular flexibility index (Phi) is 9.27. The van der Waals surface area contributed by atoms with Gasteiger partial charge in [-0.3, -0.25) is 27.9 Å². The summed E-state index contributed by atoms with van der Waals surface area (Å²) in [6.45, 7) is 10.9. The summed E-state index contributed by atoms with van der Waals surface area (Å²) in [5, 5.41) is 0. The lowest BCUT2D eigenvalue weighted by Crippen LogP contribution is -2.41. The summed E-state index contributed by atoms with van der Waals surface area (Å²) >= 11 is 0. The van der Waals surface area contributed by atoms with Crippen LogP contribution < -0.4 is 16.9 Å². The molecule has 0 aliphatic carbocycles. The van der Waals surface area contributed by atoms with Crippen molar-refractivity contribution in [2.24, 2.45) is 5.92 Å². The number of carbonyl (C=O) groups is 1. The van der Waals surface area contributed by atoms with Gasteiger partial charge in [-0.05, 0) is 68.5 Å². The van der Waals surface area contributed by atoms with E-state index in [1.54, 1.807) is 29.9 Å². The standard InChI is InChI=1S/C38H42N6O5/c1-26(2)18-21-41-30-11-7-6-10-29(30)39-33(41)24-43-32-13-9-8-12-31(32)42(37(43)48)22-27-14-16-28(17-15-27)23-44-34(45)19-20-40(36(44)47)25-35(46)49-38(3,4)5/h6-17,19-20,26H,18,21-25H2,1-5H3. The van der Waals surface area contributed by atoms with Crippen molar-refractivity contribution in [2.45, 2.75) is 79.4 Å². The minimum absolute atomic E-state index is 0.0319. The molecule has 3 heterocycles. The van der Waals surface area contributed by atoms with E-state index < -0.39 is 22.8 Å². The molecule has 0 spiro atoms. The zero-order chi connectivity index (χ0) is 34.9. The van der Waals surface area contributed by atoms with Gasteiger partial charge < -0.3 is 9.30 Å². The second kappa shape index (κ2) is 13.6. The Morgan fingerprint density at radius 1 is 0.714 bits per heavy atom. The maximum atomic E-state index is 14.0. The molecule has 0 aliphatic rings. The minimum Gasteiger partial charge on any atom is -0.459 e. The van der Waals surface area contributed by atoms with E-state index in [2.05, 4.69) is 24.5 Å². The topological polar surface area (TPSA) is 115 Å². The molecule has 0 fully saturated rings. The molecule has 0 N–H and O–H groups in total. The number of aryl methyl sites for hydroxylation is 1. The van der Waals surface area contributed by atoms with Crippen LogP contribution in [0.1, 0.15) is 58.0 Å². The third-order valence-electron chi connectivity index (χ3n) is 8.45. The summed E-state index contributed by atoms with van der Waals surface area (Å²) in [7, 11) is 0. The quantitative estimate of drug-likeness (QED) is 0.180. The molecule has 0 saturated heterocycles. The highest BCUT2D eigenvalue weighted by atomic mass is 16.6. The normalized spacial score (nSPS) is 12.0. The molecular weight excluding hydrogens is 620 g/mol. The Bertz CT molecular complexity index is 2310. The third-order valence-corrected chi connectivity index (χ3v) is 8.45. The molecular formula is C38H42N6O5. The summed E-state index contributed by atoms with van der Waals surface area (Å²) in [6, 6.07) is 24.6. The molecule has 11 heteroatoms. The number of rotatable bonds is 11. The van der Waals surface area contributed by atoms with Crippen LogP contribution in [0.2, 0.25) is 0 Å². The fourth-order valence-electron chi connectivity index (χ4n) is 6.05. The number of para-hydroxylation sites is 4.